The predicted octanol–water partition coefficient (Wildman–Crippen LogP) is 1.55. The summed E-state index contributed by atoms with van der Waals surface area (Å²) >= 11 is 0. The molecule has 0 atom stereocenters. The Morgan fingerprint density at radius 2 is 2.62 bits per heavy atom. The average Bonchev–Trinajstić information content (AvgIpc) is 2.64. The van der Waals surface area contributed by atoms with E-state index in [0.717, 1.165) is 5.69 Å². The molecule has 1 N–H and O–H groups in total. The van der Waals surface area contributed by atoms with E-state index < -0.39 is 0 Å². The third kappa shape index (κ3) is 2.83. The number of nitrogens with zero attached hydrogens (tertiary/aromatic N) is 2. The van der Waals surface area contributed by atoms with Gasteiger partial charge in [0.25, 0.3) is 0 Å². The van der Waals surface area contributed by atoms with Gasteiger partial charge in [-0.15, -0.1) is 0 Å². The molecule has 0 unspecified atom stereocenters. The number of oxime groups is 1. The van der Waals surface area contributed by atoms with Crippen LogP contribution in [0.3, 0.4) is 0 Å². The molecule has 0 aliphatic rings. The van der Waals surface area contributed by atoms with Crippen molar-refractivity contribution in [2.45, 2.75) is 0 Å². The van der Waals surface area contributed by atoms with E-state index >= 15 is 0 Å². The zero-order valence-electron chi connectivity index (χ0n) is 7.19. The Bertz CT molecular complexity index is 343. The van der Waals surface area contributed by atoms with Crippen LogP contribution in [0.2, 0.25) is 0 Å². The molecule has 0 aromatic carbocycles. The lowest BCUT2D eigenvalue weighted by atomic mass is 10.2. The Morgan fingerprint density at radius 3 is 3.15 bits per heavy atom. The average molecular weight is 175 g/mol. The summed E-state index contributed by atoms with van der Waals surface area (Å²) in [5.74, 6) is 0. The molecule has 0 radical (unpaired) electrons. The van der Waals surface area contributed by atoms with Crippen LogP contribution in [0.1, 0.15) is 5.69 Å². The number of H-pyrrole nitrogens is 1. The second-order valence-corrected chi connectivity index (χ2v) is 2.25. The van der Waals surface area contributed by atoms with Crippen LogP contribution in [0.25, 0.3) is 6.08 Å². The Balaban J connectivity index is 2.79. The van der Waals surface area contributed by atoms with Gasteiger partial charge in [0.2, 0.25) is 0 Å². The largest absolute Gasteiger partial charge is 0.399 e. The second kappa shape index (κ2) is 4.78. The van der Waals surface area contributed by atoms with E-state index in [4.69, 9.17) is 5.26 Å². The molecule has 0 fully saturated rings. The highest BCUT2D eigenvalue weighted by Gasteiger charge is 1.92. The molecule has 0 saturated carbocycles. The first-order valence-electron chi connectivity index (χ1n) is 3.68. The van der Waals surface area contributed by atoms with Crippen molar-refractivity contribution in [2.24, 2.45) is 5.16 Å². The van der Waals surface area contributed by atoms with Gasteiger partial charge in [-0.3, -0.25) is 0 Å². The summed E-state index contributed by atoms with van der Waals surface area (Å²) in [5, 5.41) is 12.2. The van der Waals surface area contributed by atoms with Gasteiger partial charge < -0.3 is 9.82 Å². The number of hydrogen-bond donors (Lipinski definition) is 1. The van der Waals surface area contributed by atoms with Crippen LogP contribution in [-0.4, -0.2) is 18.3 Å². The maximum absolute atomic E-state index is 8.67. The van der Waals surface area contributed by atoms with Gasteiger partial charge in [0.05, 0.1) is 11.8 Å². The number of hydrogen-bond acceptors (Lipinski definition) is 3. The molecule has 0 spiro atoms. The fourth-order valence-corrected chi connectivity index (χ4v) is 0.809. The van der Waals surface area contributed by atoms with Gasteiger partial charge in [-0.05, 0) is 18.2 Å². The van der Waals surface area contributed by atoms with Gasteiger partial charge in [0.1, 0.15) is 13.2 Å². The molecule has 66 valence electrons. The lowest BCUT2D eigenvalue weighted by Crippen LogP contribution is -1.82. The van der Waals surface area contributed by atoms with Gasteiger partial charge in [0, 0.05) is 11.9 Å². The van der Waals surface area contributed by atoms with Crippen LogP contribution >= 0.6 is 0 Å². The number of rotatable bonds is 3. The zero-order valence-corrected chi connectivity index (χ0v) is 7.19. The van der Waals surface area contributed by atoms with Crippen molar-refractivity contribution < 1.29 is 4.84 Å². The van der Waals surface area contributed by atoms with Crippen LogP contribution in [0.15, 0.2) is 29.1 Å². The Morgan fingerprint density at radius 1 is 1.77 bits per heavy atom. The highest BCUT2D eigenvalue weighted by molar-refractivity contribution is 5.89. The van der Waals surface area contributed by atoms with Crippen molar-refractivity contribution in [2.75, 3.05) is 7.11 Å². The molecule has 1 rings (SSSR count). The van der Waals surface area contributed by atoms with Crippen molar-refractivity contribution in [3.63, 3.8) is 0 Å². The topological polar surface area (TPSA) is 61.2 Å². The summed E-state index contributed by atoms with van der Waals surface area (Å²) in [6.07, 6.45) is 4.83. The molecule has 0 bridgehead atoms. The first-order chi connectivity index (χ1) is 6.36. The van der Waals surface area contributed by atoms with Gasteiger partial charge in [-0.2, -0.15) is 5.26 Å². The fourth-order valence-electron chi connectivity index (χ4n) is 0.809. The maximum Gasteiger partial charge on any atom is 0.106 e. The summed E-state index contributed by atoms with van der Waals surface area (Å²) in [7, 11) is 1.43. The first-order valence-corrected chi connectivity index (χ1v) is 3.68. The highest BCUT2D eigenvalue weighted by Crippen LogP contribution is 2.01. The van der Waals surface area contributed by atoms with E-state index in [2.05, 4.69) is 15.0 Å². The Hall–Kier alpha value is -2.02. The molecule has 0 aliphatic carbocycles. The van der Waals surface area contributed by atoms with Crippen molar-refractivity contribution in [1.29, 1.82) is 5.26 Å². The van der Waals surface area contributed by atoms with Crippen LogP contribution in [0.4, 0.5) is 0 Å². The molecule has 4 nitrogen and oxygen atoms in total. The third-order valence-electron chi connectivity index (χ3n) is 1.36. The minimum atomic E-state index is 0.435. The van der Waals surface area contributed by atoms with Crippen molar-refractivity contribution in [3.8, 4) is 6.07 Å². The Labute approximate surface area is 76.1 Å². The van der Waals surface area contributed by atoms with E-state index in [0.29, 0.717) is 5.57 Å². The summed E-state index contributed by atoms with van der Waals surface area (Å²) in [5.41, 5.74) is 1.29. The van der Waals surface area contributed by atoms with Gasteiger partial charge in [0.15, 0.2) is 0 Å². The SMILES string of the molecule is CO/N=C/C(C#N)=C/c1ccc[nH]1. The number of aromatic nitrogens is 1. The fraction of sp³-hybridized carbons (Fsp3) is 0.111. The van der Waals surface area contributed by atoms with Crippen LogP contribution in [0, 0.1) is 11.3 Å². The van der Waals surface area contributed by atoms with Gasteiger partial charge in [-0.1, -0.05) is 5.16 Å². The normalized spacial score (nSPS) is 11.5. The number of nitriles is 1. The summed E-state index contributed by atoms with van der Waals surface area (Å²) in [6, 6.07) is 5.70. The number of allylic oxidation sites excluding steroid dienone is 1. The minimum absolute atomic E-state index is 0.435. The molecular formula is C9H9N3O. The summed E-state index contributed by atoms with van der Waals surface area (Å²) in [6.45, 7) is 0. The van der Waals surface area contributed by atoms with Crippen molar-refractivity contribution in [3.05, 3.63) is 29.6 Å². The molecule has 0 amide bonds. The number of aromatic amines is 1. The second-order valence-electron chi connectivity index (χ2n) is 2.25. The standard InChI is InChI=1S/C9H9N3O/c1-13-12-7-8(6-10)5-9-3-2-4-11-9/h2-5,7,11H,1H3/b8-5+,12-7+. The highest BCUT2D eigenvalue weighted by atomic mass is 16.6. The summed E-state index contributed by atoms with van der Waals surface area (Å²) < 4.78 is 0. The van der Waals surface area contributed by atoms with Gasteiger partial charge >= 0.3 is 0 Å². The van der Waals surface area contributed by atoms with Crippen molar-refractivity contribution in [1.82, 2.24) is 4.98 Å². The monoisotopic (exact) mass is 175 g/mol. The van der Waals surface area contributed by atoms with Crippen LogP contribution in [-0.2, 0) is 4.84 Å². The Kier molecular flexibility index (Phi) is 3.33. The van der Waals surface area contributed by atoms with E-state index in [1.165, 1.54) is 13.3 Å². The molecule has 0 aliphatic heterocycles. The molecule has 4 heteroatoms. The zero-order chi connectivity index (χ0) is 9.52. The maximum atomic E-state index is 8.67. The molecule has 1 aromatic rings. The van der Waals surface area contributed by atoms with Crippen LogP contribution in [0.5, 0.6) is 0 Å². The van der Waals surface area contributed by atoms with E-state index in [1.54, 1.807) is 12.3 Å². The molecule has 13 heavy (non-hydrogen) atoms. The lowest BCUT2D eigenvalue weighted by molar-refractivity contribution is 0.215. The van der Waals surface area contributed by atoms with E-state index in [9.17, 15) is 0 Å². The summed E-state index contributed by atoms with van der Waals surface area (Å²) in [4.78, 5) is 7.41. The first kappa shape index (κ1) is 9.07. The van der Waals surface area contributed by atoms with E-state index in [1.807, 2.05) is 18.2 Å². The quantitative estimate of drug-likeness (QED) is 0.430. The molecular weight excluding hydrogens is 166 g/mol. The smallest absolute Gasteiger partial charge is 0.106 e. The molecule has 1 aromatic heterocycles. The third-order valence-corrected chi connectivity index (χ3v) is 1.36. The van der Waals surface area contributed by atoms with Crippen LogP contribution < -0.4 is 0 Å². The minimum Gasteiger partial charge on any atom is -0.399 e. The predicted molar refractivity (Wildman–Crippen MR) is 49.9 cm³/mol. The van der Waals surface area contributed by atoms with Crippen molar-refractivity contribution >= 4 is 12.3 Å². The molecule has 0 saturated heterocycles. The van der Waals surface area contributed by atoms with Gasteiger partial charge in [-0.25, -0.2) is 0 Å². The molecule has 1 heterocycles. The van der Waals surface area contributed by atoms with E-state index in [-0.39, 0.29) is 0 Å². The lowest BCUT2D eigenvalue weighted by Gasteiger charge is -1.87. The number of nitrogens with one attached hydrogen (secondary N) is 1.